The first-order chi connectivity index (χ1) is 10.1. The summed E-state index contributed by atoms with van der Waals surface area (Å²) in [4.78, 5) is 25.8. The highest BCUT2D eigenvalue weighted by molar-refractivity contribution is 6.30. The van der Waals surface area contributed by atoms with Crippen molar-refractivity contribution in [2.45, 2.75) is 32.7 Å². The highest BCUT2D eigenvalue weighted by Crippen LogP contribution is 2.18. The molecule has 0 aromatic heterocycles. The topological polar surface area (TPSA) is 49.4 Å². The first kappa shape index (κ1) is 15.8. The zero-order chi connectivity index (χ0) is 15.2. The summed E-state index contributed by atoms with van der Waals surface area (Å²) in [6.45, 7) is 3.87. The maximum atomic E-state index is 12.1. The molecule has 5 heteroatoms. The van der Waals surface area contributed by atoms with E-state index in [1.807, 2.05) is 12.1 Å². The summed E-state index contributed by atoms with van der Waals surface area (Å²) in [7, 11) is 0. The molecule has 0 bridgehead atoms. The van der Waals surface area contributed by atoms with E-state index in [2.05, 4.69) is 12.2 Å². The lowest BCUT2D eigenvalue weighted by molar-refractivity contribution is -0.129. The van der Waals surface area contributed by atoms with Gasteiger partial charge in [-0.25, -0.2) is 0 Å². The number of nitrogens with one attached hydrogen (secondary N) is 1. The Morgan fingerprint density at radius 1 is 1.38 bits per heavy atom. The number of carbonyl (C=O) groups excluding carboxylic acids is 2. The van der Waals surface area contributed by atoms with E-state index in [4.69, 9.17) is 11.6 Å². The van der Waals surface area contributed by atoms with Gasteiger partial charge in [0.2, 0.25) is 11.8 Å². The number of hydrogen-bond donors (Lipinski definition) is 1. The van der Waals surface area contributed by atoms with E-state index in [0.29, 0.717) is 24.5 Å². The van der Waals surface area contributed by atoms with Gasteiger partial charge in [-0.15, -0.1) is 0 Å². The molecule has 1 aliphatic rings. The van der Waals surface area contributed by atoms with Gasteiger partial charge in [0.05, 0.1) is 5.92 Å². The molecular weight excluding hydrogens is 288 g/mol. The Bertz CT molecular complexity index is 502. The Balaban J connectivity index is 1.81. The lowest BCUT2D eigenvalue weighted by Crippen LogP contribution is -2.32. The Kier molecular flexibility index (Phi) is 5.62. The average Bonchev–Trinajstić information content (AvgIpc) is 2.85. The molecule has 2 amide bonds. The van der Waals surface area contributed by atoms with Crippen LogP contribution in [0.15, 0.2) is 24.3 Å². The Morgan fingerprint density at radius 2 is 2.10 bits per heavy atom. The third-order valence-electron chi connectivity index (χ3n) is 3.75. The van der Waals surface area contributed by atoms with E-state index < -0.39 is 0 Å². The van der Waals surface area contributed by atoms with Crippen LogP contribution >= 0.6 is 11.6 Å². The molecule has 2 rings (SSSR count). The number of unbranched alkanes of at least 4 members (excludes halogenated alkanes) is 1. The fraction of sp³-hybridized carbons (Fsp3) is 0.500. The van der Waals surface area contributed by atoms with Crippen LogP contribution in [0.5, 0.6) is 0 Å². The molecule has 1 aromatic carbocycles. The fourth-order valence-electron chi connectivity index (χ4n) is 2.45. The largest absolute Gasteiger partial charge is 0.352 e. The Labute approximate surface area is 130 Å². The summed E-state index contributed by atoms with van der Waals surface area (Å²) in [6, 6.07) is 7.37. The fourth-order valence-corrected chi connectivity index (χ4v) is 2.57. The van der Waals surface area contributed by atoms with Crippen molar-refractivity contribution in [3.63, 3.8) is 0 Å². The number of nitrogens with zero attached hydrogens (tertiary/aromatic N) is 1. The van der Waals surface area contributed by atoms with Gasteiger partial charge in [-0.3, -0.25) is 9.59 Å². The second kappa shape index (κ2) is 7.46. The monoisotopic (exact) mass is 308 g/mol. The number of likely N-dealkylation sites (tertiary alicyclic amines) is 1. The SMILES string of the molecule is CCCCN1CC(C(=O)NCc2ccc(Cl)cc2)CC1=O. The van der Waals surface area contributed by atoms with Gasteiger partial charge in [0.15, 0.2) is 0 Å². The Hall–Kier alpha value is -1.55. The average molecular weight is 309 g/mol. The summed E-state index contributed by atoms with van der Waals surface area (Å²) in [5.74, 6) is -0.172. The molecule has 0 aliphatic carbocycles. The first-order valence-corrected chi connectivity index (χ1v) is 7.78. The second-order valence-corrected chi connectivity index (χ2v) is 5.88. The predicted octanol–water partition coefficient (Wildman–Crippen LogP) is 2.60. The van der Waals surface area contributed by atoms with Crippen molar-refractivity contribution in [2.75, 3.05) is 13.1 Å². The van der Waals surface area contributed by atoms with Crippen LogP contribution in [0.25, 0.3) is 0 Å². The molecule has 4 nitrogen and oxygen atoms in total. The van der Waals surface area contributed by atoms with Crippen molar-refractivity contribution in [2.24, 2.45) is 5.92 Å². The molecule has 1 unspecified atom stereocenters. The molecule has 1 saturated heterocycles. The molecule has 1 aliphatic heterocycles. The number of amides is 2. The number of benzene rings is 1. The zero-order valence-corrected chi connectivity index (χ0v) is 13.0. The van der Waals surface area contributed by atoms with Crippen LogP contribution < -0.4 is 5.32 Å². The summed E-state index contributed by atoms with van der Waals surface area (Å²) in [5.41, 5.74) is 1.000. The van der Waals surface area contributed by atoms with Gasteiger partial charge in [0.25, 0.3) is 0 Å². The van der Waals surface area contributed by atoms with Crippen molar-refractivity contribution < 1.29 is 9.59 Å². The van der Waals surface area contributed by atoms with Crippen LogP contribution in [-0.4, -0.2) is 29.8 Å². The minimum Gasteiger partial charge on any atom is -0.352 e. The van der Waals surface area contributed by atoms with Crippen LogP contribution in [0, 0.1) is 5.92 Å². The van der Waals surface area contributed by atoms with E-state index in [1.165, 1.54) is 0 Å². The summed E-state index contributed by atoms with van der Waals surface area (Å²) < 4.78 is 0. The Morgan fingerprint density at radius 3 is 2.76 bits per heavy atom. The molecule has 0 radical (unpaired) electrons. The maximum Gasteiger partial charge on any atom is 0.225 e. The molecular formula is C16H21ClN2O2. The van der Waals surface area contributed by atoms with Crippen molar-refractivity contribution >= 4 is 23.4 Å². The van der Waals surface area contributed by atoms with Crippen LogP contribution in [0.4, 0.5) is 0 Å². The summed E-state index contributed by atoms with van der Waals surface area (Å²) >= 11 is 5.82. The quantitative estimate of drug-likeness (QED) is 0.878. The van der Waals surface area contributed by atoms with Gasteiger partial charge in [-0.05, 0) is 24.1 Å². The number of halogens is 1. The van der Waals surface area contributed by atoms with Gasteiger partial charge < -0.3 is 10.2 Å². The third kappa shape index (κ3) is 4.46. The predicted molar refractivity (Wildman–Crippen MR) is 82.9 cm³/mol. The van der Waals surface area contributed by atoms with Gasteiger partial charge in [-0.1, -0.05) is 37.1 Å². The third-order valence-corrected chi connectivity index (χ3v) is 4.00. The molecule has 1 fully saturated rings. The smallest absolute Gasteiger partial charge is 0.225 e. The lowest BCUT2D eigenvalue weighted by Gasteiger charge is -2.16. The van der Waals surface area contributed by atoms with Crippen molar-refractivity contribution in [3.05, 3.63) is 34.9 Å². The molecule has 1 aromatic rings. The molecule has 1 N–H and O–H groups in total. The van der Waals surface area contributed by atoms with E-state index in [0.717, 1.165) is 24.9 Å². The molecule has 21 heavy (non-hydrogen) atoms. The van der Waals surface area contributed by atoms with Gasteiger partial charge in [0, 0.05) is 31.1 Å². The van der Waals surface area contributed by atoms with Crippen LogP contribution in [0.2, 0.25) is 5.02 Å². The summed E-state index contributed by atoms with van der Waals surface area (Å²) in [5, 5.41) is 3.58. The van der Waals surface area contributed by atoms with Gasteiger partial charge in [-0.2, -0.15) is 0 Å². The van der Waals surface area contributed by atoms with E-state index >= 15 is 0 Å². The second-order valence-electron chi connectivity index (χ2n) is 5.44. The minimum absolute atomic E-state index is 0.0442. The van der Waals surface area contributed by atoms with Crippen LogP contribution in [0.1, 0.15) is 31.7 Å². The lowest BCUT2D eigenvalue weighted by atomic mass is 10.1. The molecule has 0 saturated carbocycles. The number of hydrogen-bond acceptors (Lipinski definition) is 2. The van der Waals surface area contributed by atoms with Crippen molar-refractivity contribution in [1.82, 2.24) is 10.2 Å². The summed E-state index contributed by atoms with van der Waals surface area (Å²) in [6.07, 6.45) is 2.37. The molecule has 1 atom stereocenters. The van der Waals surface area contributed by atoms with E-state index in [9.17, 15) is 9.59 Å². The standard InChI is InChI=1S/C16H21ClN2O2/c1-2-3-8-19-11-13(9-15(19)20)16(21)18-10-12-4-6-14(17)7-5-12/h4-7,13H,2-3,8-11H2,1H3,(H,18,21). The first-order valence-electron chi connectivity index (χ1n) is 7.40. The highest BCUT2D eigenvalue weighted by atomic mass is 35.5. The van der Waals surface area contributed by atoms with Crippen molar-refractivity contribution in [1.29, 1.82) is 0 Å². The van der Waals surface area contributed by atoms with Crippen molar-refractivity contribution in [3.8, 4) is 0 Å². The van der Waals surface area contributed by atoms with Gasteiger partial charge >= 0.3 is 0 Å². The minimum atomic E-state index is -0.221. The maximum absolute atomic E-state index is 12.1. The van der Waals surface area contributed by atoms with E-state index in [1.54, 1.807) is 17.0 Å². The molecule has 1 heterocycles. The molecule has 0 spiro atoms. The highest BCUT2D eigenvalue weighted by Gasteiger charge is 2.33. The van der Waals surface area contributed by atoms with Gasteiger partial charge in [0.1, 0.15) is 0 Å². The number of carbonyl (C=O) groups is 2. The number of rotatable bonds is 6. The van der Waals surface area contributed by atoms with Crippen LogP contribution in [0.3, 0.4) is 0 Å². The molecule has 114 valence electrons. The van der Waals surface area contributed by atoms with Crippen LogP contribution in [-0.2, 0) is 16.1 Å². The normalized spacial score (nSPS) is 18.1. The van der Waals surface area contributed by atoms with E-state index in [-0.39, 0.29) is 17.7 Å². The zero-order valence-electron chi connectivity index (χ0n) is 12.3.